The second kappa shape index (κ2) is 11.1. The van der Waals surface area contributed by atoms with E-state index in [4.69, 9.17) is 23.7 Å². The van der Waals surface area contributed by atoms with Gasteiger partial charge in [-0.05, 0) is 53.7 Å². The predicted molar refractivity (Wildman–Crippen MR) is 120 cm³/mol. The highest BCUT2D eigenvalue weighted by Crippen LogP contribution is 2.34. The van der Waals surface area contributed by atoms with Crippen molar-refractivity contribution < 1.29 is 38.1 Å². The summed E-state index contributed by atoms with van der Waals surface area (Å²) in [7, 11) is 1.58. The fraction of sp³-hybridized carbons (Fsp3) is 0.640. The van der Waals surface area contributed by atoms with Gasteiger partial charge in [-0.1, -0.05) is 12.1 Å². The molecule has 0 aliphatic carbocycles. The van der Waals surface area contributed by atoms with Gasteiger partial charge in [0.05, 0.1) is 43.2 Å². The summed E-state index contributed by atoms with van der Waals surface area (Å²) in [5.74, 6) is -1.24. The van der Waals surface area contributed by atoms with E-state index in [0.29, 0.717) is 5.75 Å². The number of benzene rings is 1. The molecule has 0 aromatic heterocycles. The van der Waals surface area contributed by atoms with E-state index in [1.807, 2.05) is 12.1 Å². The summed E-state index contributed by atoms with van der Waals surface area (Å²) < 4.78 is 28.1. The van der Waals surface area contributed by atoms with Crippen LogP contribution in [-0.4, -0.2) is 51.3 Å². The van der Waals surface area contributed by atoms with Crippen molar-refractivity contribution in [1.82, 2.24) is 0 Å². The standard InChI is InChI=1S/C25H36O8/c1-24(2,3)22(27)31-13-17(12-26)20-18(15-32-23(28)25(4,5)6)14-30-21(33-20)16-8-10-19(29-7)11-9-16/h8-12,17-18,20-21H,13-15H2,1-7H3/t17-,18+,20-,21-/m0/s1. The third kappa shape index (κ3) is 7.54. The molecule has 0 radical (unpaired) electrons. The number of carbonyl (C=O) groups is 3. The minimum atomic E-state index is -0.751. The van der Waals surface area contributed by atoms with Gasteiger partial charge in [-0.2, -0.15) is 0 Å². The van der Waals surface area contributed by atoms with Crippen molar-refractivity contribution in [1.29, 1.82) is 0 Å². The molecule has 8 heteroatoms. The van der Waals surface area contributed by atoms with Gasteiger partial charge in [0, 0.05) is 11.5 Å². The van der Waals surface area contributed by atoms with Gasteiger partial charge in [0.25, 0.3) is 0 Å². The van der Waals surface area contributed by atoms with Crippen LogP contribution in [0.15, 0.2) is 24.3 Å². The molecule has 1 aromatic rings. The van der Waals surface area contributed by atoms with Crippen molar-refractivity contribution in [3.8, 4) is 5.75 Å². The van der Waals surface area contributed by atoms with Crippen molar-refractivity contribution in [2.24, 2.45) is 22.7 Å². The fourth-order valence-corrected chi connectivity index (χ4v) is 3.13. The van der Waals surface area contributed by atoms with Gasteiger partial charge in [-0.25, -0.2) is 0 Å². The molecule has 4 atom stereocenters. The summed E-state index contributed by atoms with van der Waals surface area (Å²) in [6.45, 7) is 10.6. The third-order valence-electron chi connectivity index (χ3n) is 5.25. The lowest BCUT2D eigenvalue weighted by Gasteiger charge is -2.39. The molecule has 1 saturated heterocycles. The van der Waals surface area contributed by atoms with Crippen LogP contribution in [0.3, 0.4) is 0 Å². The number of aldehydes is 1. The van der Waals surface area contributed by atoms with Gasteiger partial charge < -0.3 is 28.5 Å². The molecule has 1 aliphatic rings. The second-order valence-corrected chi connectivity index (χ2v) is 10.3. The van der Waals surface area contributed by atoms with Gasteiger partial charge in [-0.3, -0.25) is 9.59 Å². The Labute approximate surface area is 195 Å². The Morgan fingerprint density at radius 2 is 1.61 bits per heavy atom. The summed E-state index contributed by atoms with van der Waals surface area (Å²) in [5.41, 5.74) is -0.608. The van der Waals surface area contributed by atoms with Crippen LogP contribution in [0.25, 0.3) is 0 Å². The van der Waals surface area contributed by atoms with E-state index in [2.05, 4.69) is 0 Å². The lowest BCUT2D eigenvalue weighted by molar-refractivity contribution is -0.259. The zero-order valence-electron chi connectivity index (χ0n) is 20.6. The minimum absolute atomic E-state index is 0.0215. The molecule has 2 rings (SSSR count). The highest BCUT2D eigenvalue weighted by atomic mass is 16.7. The van der Waals surface area contributed by atoms with Gasteiger partial charge in [0.2, 0.25) is 0 Å². The Hall–Kier alpha value is -2.45. The summed E-state index contributed by atoms with van der Waals surface area (Å²) in [6.07, 6.45) is -0.685. The fourth-order valence-electron chi connectivity index (χ4n) is 3.13. The van der Waals surface area contributed by atoms with Crippen molar-refractivity contribution in [2.75, 3.05) is 26.9 Å². The van der Waals surface area contributed by atoms with E-state index < -0.39 is 41.0 Å². The Bertz CT molecular complexity index is 803. The van der Waals surface area contributed by atoms with E-state index in [1.54, 1.807) is 60.8 Å². The Balaban J connectivity index is 2.19. The number of methoxy groups -OCH3 is 1. The van der Waals surface area contributed by atoms with Crippen molar-refractivity contribution in [3.05, 3.63) is 29.8 Å². The molecular weight excluding hydrogens is 428 g/mol. The SMILES string of the molecule is COc1ccc([C@H]2OC[C@H](COC(=O)C(C)(C)C)[C@H]([C@@H](C=O)COC(=O)C(C)(C)C)O2)cc1. The lowest BCUT2D eigenvalue weighted by Crippen LogP contribution is -2.46. The zero-order chi connectivity index (χ0) is 24.8. The number of carbonyl (C=O) groups excluding carboxylic acids is 3. The lowest BCUT2D eigenvalue weighted by atomic mass is 9.91. The largest absolute Gasteiger partial charge is 0.497 e. The highest BCUT2D eigenvalue weighted by molar-refractivity contribution is 5.76. The first kappa shape index (κ1) is 26.8. The number of ether oxygens (including phenoxy) is 5. The zero-order valence-corrected chi connectivity index (χ0v) is 20.6. The Kier molecular flexibility index (Phi) is 9.03. The van der Waals surface area contributed by atoms with Crippen LogP contribution >= 0.6 is 0 Å². The molecule has 33 heavy (non-hydrogen) atoms. The van der Waals surface area contributed by atoms with Crippen LogP contribution in [0.1, 0.15) is 53.4 Å². The molecule has 1 aliphatic heterocycles. The molecule has 0 unspecified atom stereocenters. The highest BCUT2D eigenvalue weighted by Gasteiger charge is 2.40. The molecule has 0 N–H and O–H groups in total. The maximum Gasteiger partial charge on any atom is 0.311 e. The topological polar surface area (TPSA) is 97.4 Å². The molecule has 8 nitrogen and oxygen atoms in total. The number of hydrogen-bond acceptors (Lipinski definition) is 8. The first-order valence-corrected chi connectivity index (χ1v) is 11.1. The first-order chi connectivity index (χ1) is 15.4. The van der Waals surface area contributed by atoms with Crippen LogP contribution < -0.4 is 4.74 Å². The predicted octanol–water partition coefficient (Wildman–Crippen LogP) is 3.72. The van der Waals surface area contributed by atoms with Gasteiger partial charge >= 0.3 is 11.9 Å². The van der Waals surface area contributed by atoms with E-state index in [1.165, 1.54) is 0 Å². The molecule has 1 fully saturated rings. The molecule has 0 amide bonds. The van der Waals surface area contributed by atoms with Gasteiger partial charge in [0.15, 0.2) is 6.29 Å². The normalized spacial score (nSPS) is 22.2. The van der Waals surface area contributed by atoms with Crippen LogP contribution in [0.2, 0.25) is 0 Å². The second-order valence-electron chi connectivity index (χ2n) is 10.3. The minimum Gasteiger partial charge on any atom is -0.497 e. The molecular formula is C25H36O8. The maximum atomic E-state index is 12.3. The summed E-state index contributed by atoms with van der Waals surface area (Å²) in [6, 6.07) is 7.21. The van der Waals surface area contributed by atoms with Crippen LogP contribution in [0.4, 0.5) is 0 Å². The third-order valence-corrected chi connectivity index (χ3v) is 5.25. The summed E-state index contributed by atoms with van der Waals surface area (Å²) in [5, 5.41) is 0. The summed E-state index contributed by atoms with van der Waals surface area (Å²) in [4.78, 5) is 36.5. The summed E-state index contributed by atoms with van der Waals surface area (Å²) >= 11 is 0. The average molecular weight is 465 g/mol. The number of esters is 2. The van der Waals surface area contributed by atoms with Crippen molar-refractivity contribution >= 4 is 18.2 Å². The molecule has 184 valence electrons. The van der Waals surface area contributed by atoms with Crippen molar-refractivity contribution in [2.45, 2.75) is 53.9 Å². The molecule has 0 bridgehead atoms. The van der Waals surface area contributed by atoms with Crippen LogP contribution in [0, 0.1) is 22.7 Å². The smallest absolute Gasteiger partial charge is 0.311 e. The number of hydrogen-bond donors (Lipinski definition) is 0. The Morgan fingerprint density at radius 1 is 1.03 bits per heavy atom. The van der Waals surface area contributed by atoms with Crippen molar-refractivity contribution in [3.63, 3.8) is 0 Å². The van der Waals surface area contributed by atoms with Gasteiger partial charge in [0.1, 0.15) is 18.6 Å². The molecule has 1 heterocycles. The van der Waals surface area contributed by atoms with Crippen LogP contribution in [0.5, 0.6) is 5.75 Å². The quantitative estimate of drug-likeness (QED) is 0.424. The monoisotopic (exact) mass is 464 g/mol. The number of rotatable bonds is 8. The molecule has 0 spiro atoms. The van der Waals surface area contributed by atoms with E-state index in [9.17, 15) is 14.4 Å². The molecule has 1 aromatic carbocycles. The van der Waals surface area contributed by atoms with E-state index in [0.717, 1.165) is 11.8 Å². The average Bonchev–Trinajstić information content (AvgIpc) is 2.76. The van der Waals surface area contributed by atoms with Crippen LogP contribution in [-0.2, 0) is 33.3 Å². The van der Waals surface area contributed by atoms with Gasteiger partial charge in [-0.15, -0.1) is 0 Å². The first-order valence-electron chi connectivity index (χ1n) is 11.1. The maximum absolute atomic E-state index is 12.3. The van der Waals surface area contributed by atoms with E-state index >= 15 is 0 Å². The molecule has 0 saturated carbocycles. The van der Waals surface area contributed by atoms with E-state index in [-0.39, 0.29) is 25.8 Å². The Morgan fingerprint density at radius 3 is 2.12 bits per heavy atom.